The number of fused-ring (bicyclic) bond motifs is 4. The maximum Gasteiger partial charge on any atom is 0.332 e. The molecule has 1 aliphatic heterocycles. The molecule has 0 saturated heterocycles. The van der Waals surface area contributed by atoms with Gasteiger partial charge in [0.25, 0.3) is 0 Å². The number of nitrogens with one attached hydrogen (secondary N) is 1. The molecule has 6 rings (SSSR count). The Morgan fingerprint density at radius 1 is 1.00 bits per heavy atom. The van der Waals surface area contributed by atoms with Crippen molar-refractivity contribution in [3.8, 4) is 11.6 Å². The number of para-hydroxylation sites is 1. The van der Waals surface area contributed by atoms with Crippen LogP contribution in [0.2, 0.25) is 0 Å². The second kappa shape index (κ2) is 7.33. The number of benzene rings is 2. The van der Waals surface area contributed by atoms with Crippen LogP contribution in [0.1, 0.15) is 66.7 Å². The number of imidazole rings is 1. The number of nitrogens with zero attached hydrogens (tertiary/aromatic N) is 2. The predicted molar refractivity (Wildman–Crippen MR) is 124 cm³/mol. The number of hydrogen-bond donors (Lipinski definition) is 2. The Balaban J connectivity index is 1.60. The van der Waals surface area contributed by atoms with Gasteiger partial charge in [-0.2, -0.15) is 0 Å². The summed E-state index contributed by atoms with van der Waals surface area (Å²) in [5.41, 5.74) is 4.80. The van der Waals surface area contributed by atoms with E-state index in [0.29, 0.717) is 12.1 Å². The fourth-order valence-corrected chi connectivity index (χ4v) is 5.71. The van der Waals surface area contributed by atoms with E-state index in [-0.39, 0.29) is 23.7 Å². The normalized spacial score (nSPS) is 18.5. The quantitative estimate of drug-likeness (QED) is 0.429. The van der Waals surface area contributed by atoms with Crippen molar-refractivity contribution in [1.29, 1.82) is 0 Å². The van der Waals surface area contributed by atoms with Gasteiger partial charge in [-0.3, -0.25) is 9.13 Å². The molecule has 164 valence electrons. The van der Waals surface area contributed by atoms with Crippen molar-refractivity contribution in [2.24, 2.45) is 0 Å². The number of methoxy groups -OCH3 is 1. The van der Waals surface area contributed by atoms with E-state index in [1.165, 1.54) is 6.42 Å². The zero-order valence-electron chi connectivity index (χ0n) is 18.2. The van der Waals surface area contributed by atoms with Crippen LogP contribution < -0.4 is 10.4 Å². The Morgan fingerprint density at radius 2 is 1.75 bits per heavy atom. The van der Waals surface area contributed by atoms with Gasteiger partial charge in [0.05, 0.1) is 12.8 Å². The molecule has 1 saturated carbocycles. The van der Waals surface area contributed by atoms with Crippen LogP contribution in [0, 0.1) is 0 Å². The number of hydrogen-bond acceptors (Lipinski definition) is 3. The summed E-state index contributed by atoms with van der Waals surface area (Å²) in [7, 11) is 1.65. The molecule has 0 bridgehead atoms. The minimum absolute atomic E-state index is 0.0703. The first-order valence-electron chi connectivity index (χ1n) is 11.5. The van der Waals surface area contributed by atoms with Gasteiger partial charge in [0.2, 0.25) is 5.88 Å². The molecule has 0 amide bonds. The second-order valence-electron chi connectivity index (χ2n) is 9.00. The minimum atomic E-state index is -0.324. The molecule has 2 aliphatic rings. The third kappa shape index (κ3) is 2.75. The third-order valence-corrected chi connectivity index (χ3v) is 7.28. The standard InChI is InChI=1S/C26H27N3O3/c1-32-18-13-11-16(12-14-18)24-23-20(19-9-5-6-10-21(19)27-23)15-22-25(30)28(26(31)29(22)24)17-7-3-2-4-8-17/h5-6,9-14,17,24,27,30H,2-4,7-8,15H2,1H3/t24-/m0/s1. The van der Waals surface area contributed by atoms with Crippen molar-refractivity contribution in [1.82, 2.24) is 14.1 Å². The predicted octanol–water partition coefficient (Wildman–Crippen LogP) is 4.89. The lowest BCUT2D eigenvalue weighted by atomic mass is 9.93. The summed E-state index contributed by atoms with van der Waals surface area (Å²) in [6.07, 6.45) is 5.82. The van der Waals surface area contributed by atoms with Crippen molar-refractivity contribution in [2.45, 2.75) is 50.6 Å². The van der Waals surface area contributed by atoms with E-state index in [2.05, 4.69) is 17.1 Å². The van der Waals surface area contributed by atoms with E-state index in [1.807, 2.05) is 41.0 Å². The summed E-state index contributed by atoms with van der Waals surface area (Å²) in [5, 5.41) is 12.4. The zero-order valence-corrected chi connectivity index (χ0v) is 18.2. The van der Waals surface area contributed by atoms with Gasteiger partial charge in [-0.05, 0) is 42.2 Å². The van der Waals surface area contributed by atoms with Crippen molar-refractivity contribution in [2.75, 3.05) is 7.11 Å². The smallest absolute Gasteiger partial charge is 0.332 e. The molecular weight excluding hydrogens is 402 g/mol. The number of aromatic amines is 1. The number of ether oxygens (including phenoxy) is 1. The first kappa shape index (κ1) is 19.3. The summed E-state index contributed by atoms with van der Waals surface area (Å²) in [6.45, 7) is 0. The lowest BCUT2D eigenvalue weighted by molar-refractivity contribution is 0.306. The molecule has 1 fully saturated rings. The summed E-state index contributed by atoms with van der Waals surface area (Å²) in [4.78, 5) is 17.4. The lowest BCUT2D eigenvalue weighted by Gasteiger charge is -2.26. The largest absolute Gasteiger partial charge is 0.497 e. The van der Waals surface area contributed by atoms with E-state index in [9.17, 15) is 9.90 Å². The molecule has 6 heteroatoms. The van der Waals surface area contributed by atoms with E-state index in [0.717, 1.165) is 59.2 Å². The summed E-state index contributed by atoms with van der Waals surface area (Å²) in [6, 6.07) is 15.8. The van der Waals surface area contributed by atoms with Crippen LogP contribution in [-0.4, -0.2) is 26.3 Å². The molecule has 2 N–H and O–H groups in total. The van der Waals surface area contributed by atoms with Gasteiger partial charge in [-0.1, -0.05) is 49.6 Å². The van der Waals surface area contributed by atoms with Crippen LogP contribution in [-0.2, 0) is 6.42 Å². The van der Waals surface area contributed by atoms with E-state index >= 15 is 0 Å². The number of aromatic hydroxyl groups is 1. The molecule has 32 heavy (non-hydrogen) atoms. The van der Waals surface area contributed by atoms with E-state index in [1.54, 1.807) is 11.7 Å². The molecule has 3 heterocycles. The second-order valence-corrected chi connectivity index (χ2v) is 9.00. The fraction of sp³-hybridized carbons (Fsp3) is 0.346. The lowest BCUT2D eigenvalue weighted by Crippen LogP contribution is -2.34. The highest BCUT2D eigenvalue weighted by Gasteiger charge is 2.36. The SMILES string of the molecule is COc1ccc([C@H]2c3[nH]c4ccccc4c3Cc3c(O)n(C4CCCCC4)c(=O)n32)cc1. The van der Waals surface area contributed by atoms with Gasteiger partial charge >= 0.3 is 5.69 Å². The van der Waals surface area contributed by atoms with Crippen LogP contribution in [0.3, 0.4) is 0 Å². The zero-order chi connectivity index (χ0) is 21.8. The molecule has 6 nitrogen and oxygen atoms in total. The molecule has 4 aromatic rings. The van der Waals surface area contributed by atoms with Gasteiger partial charge in [-0.25, -0.2) is 4.79 Å². The van der Waals surface area contributed by atoms with Gasteiger partial charge in [0.1, 0.15) is 11.8 Å². The maximum atomic E-state index is 13.8. The molecule has 0 spiro atoms. The van der Waals surface area contributed by atoms with Gasteiger partial charge in [0, 0.05) is 29.1 Å². The van der Waals surface area contributed by atoms with E-state index in [4.69, 9.17) is 4.74 Å². The molecule has 0 unspecified atom stereocenters. The van der Waals surface area contributed by atoms with Crippen LogP contribution in [0.25, 0.3) is 10.9 Å². The van der Waals surface area contributed by atoms with Gasteiger partial charge in [0.15, 0.2) is 0 Å². The Labute approximate surface area is 186 Å². The number of rotatable bonds is 3. The van der Waals surface area contributed by atoms with Crippen molar-refractivity contribution in [3.05, 3.63) is 81.5 Å². The van der Waals surface area contributed by atoms with Crippen LogP contribution in [0.15, 0.2) is 53.3 Å². The van der Waals surface area contributed by atoms with E-state index < -0.39 is 0 Å². The molecule has 1 atom stereocenters. The molecule has 0 radical (unpaired) electrons. The monoisotopic (exact) mass is 429 g/mol. The average Bonchev–Trinajstić information content (AvgIpc) is 3.33. The highest BCUT2D eigenvalue weighted by atomic mass is 16.5. The Bertz CT molecular complexity index is 1350. The maximum absolute atomic E-state index is 13.8. The fourth-order valence-electron chi connectivity index (χ4n) is 5.71. The molecule has 1 aliphatic carbocycles. The molecular formula is C26H27N3O3. The Kier molecular flexibility index (Phi) is 4.42. The third-order valence-electron chi connectivity index (χ3n) is 7.28. The number of H-pyrrole nitrogens is 1. The molecule has 2 aromatic carbocycles. The first-order valence-corrected chi connectivity index (χ1v) is 11.5. The van der Waals surface area contributed by atoms with Crippen LogP contribution >= 0.6 is 0 Å². The topological polar surface area (TPSA) is 72.2 Å². The van der Waals surface area contributed by atoms with Gasteiger partial charge in [-0.15, -0.1) is 0 Å². The van der Waals surface area contributed by atoms with Crippen LogP contribution in [0.4, 0.5) is 0 Å². The summed E-state index contributed by atoms with van der Waals surface area (Å²) < 4.78 is 8.82. The molecule has 2 aromatic heterocycles. The van der Waals surface area contributed by atoms with Gasteiger partial charge < -0.3 is 14.8 Å². The first-order chi connectivity index (χ1) is 15.7. The van der Waals surface area contributed by atoms with Crippen molar-refractivity contribution < 1.29 is 9.84 Å². The number of aromatic nitrogens is 3. The Hall–Kier alpha value is -3.41. The van der Waals surface area contributed by atoms with Crippen molar-refractivity contribution in [3.63, 3.8) is 0 Å². The summed E-state index contributed by atoms with van der Waals surface area (Å²) in [5.74, 6) is 0.910. The van der Waals surface area contributed by atoms with Crippen LogP contribution in [0.5, 0.6) is 11.6 Å². The van der Waals surface area contributed by atoms with Crippen molar-refractivity contribution >= 4 is 10.9 Å². The average molecular weight is 430 g/mol. The highest BCUT2D eigenvalue weighted by molar-refractivity contribution is 5.86. The highest BCUT2D eigenvalue weighted by Crippen LogP contribution is 2.42. The Morgan fingerprint density at radius 3 is 2.50 bits per heavy atom. The minimum Gasteiger partial charge on any atom is -0.497 e. The summed E-state index contributed by atoms with van der Waals surface area (Å²) >= 11 is 0.